The highest BCUT2D eigenvalue weighted by molar-refractivity contribution is 9.10. The minimum Gasteiger partial charge on any atom is -0.488 e. The lowest BCUT2D eigenvalue weighted by Crippen LogP contribution is -2.30. The molecule has 35 heavy (non-hydrogen) atoms. The van der Waals surface area contributed by atoms with Crippen molar-refractivity contribution in [1.82, 2.24) is 4.90 Å². The Labute approximate surface area is 216 Å². The Hall–Kier alpha value is -3.35. The molecule has 0 spiro atoms. The number of rotatable bonds is 7. The van der Waals surface area contributed by atoms with Crippen molar-refractivity contribution in [2.75, 3.05) is 6.54 Å². The van der Waals surface area contributed by atoms with E-state index in [2.05, 4.69) is 40.2 Å². The molecule has 5 rings (SSSR count). The van der Waals surface area contributed by atoms with Crippen LogP contribution in [0.2, 0.25) is 0 Å². The van der Waals surface area contributed by atoms with E-state index in [4.69, 9.17) is 4.74 Å². The fraction of sp³-hybridized carbons (Fsp3) is 0.103. The number of amides is 2. The van der Waals surface area contributed by atoms with Crippen molar-refractivity contribution >= 4 is 55.7 Å². The first kappa shape index (κ1) is 23.4. The summed E-state index contributed by atoms with van der Waals surface area (Å²) in [6.45, 7) is 0.816. The normalized spacial score (nSPS) is 14.8. The maximum Gasteiger partial charge on any atom is 0.293 e. The van der Waals surface area contributed by atoms with E-state index in [1.807, 2.05) is 66.7 Å². The molecule has 1 aliphatic heterocycles. The molecule has 174 valence electrons. The highest BCUT2D eigenvalue weighted by Gasteiger charge is 2.34. The number of halogens is 1. The summed E-state index contributed by atoms with van der Waals surface area (Å²) < 4.78 is 6.87. The fourth-order valence-electron chi connectivity index (χ4n) is 4.03. The SMILES string of the molecule is O=C1S/C(=C\c2ccc(OCc3cccc4ccccc34)c(Br)c2)C(=O)N1CCc1ccccc1. The van der Waals surface area contributed by atoms with Gasteiger partial charge < -0.3 is 4.74 Å². The van der Waals surface area contributed by atoms with E-state index in [1.165, 1.54) is 15.7 Å². The molecule has 1 heterocycles. The van der Waals surface area contributed by atoms with Crippen molar-refractivity contribution in [1.29, 1.82) is 0 Å². The van der Waals surface area contributed by atoms with Crippen LogP contribution in [0.5, 0.6) is 5.75 Å². The Kier molecular flexibility index (Phi) is 7.02. The zero-order chi connectivity index (χ0) is 24.2. The predicted molar refractivity (Wildman–Crippen MR) is 145 cm³/mol. The van der Waals surface area contributed by atoms with Crippen molar-refractivity contribution in [3.8, 4) is 5.75 Å². The summed E-state index contributed by atoms with van der Waals surface area (Å²) >= 11 is 4.57. The summed E-state index contributed by atoms with van der Waals surface area (Å²) in [5.41, 5.74) is 3.03. The van der Waals surface area contributed by atoms with E-state index in [-0.39, 0.29) is 11.1 Å². The van der Waals surface area contributed by atoms with Crippen LogP contribution < -0.4 is 4.74 Å². The topological polar surface area (TPSA) is 46.6 Å². The van der Waals surface area contributed by atoms with Crippen molar-refractivity contribution in [2.24, 2.45) is 0 Å². The van der Waals surface area contributed by atoms with Crippen molar-refractivity contribution < 1.29 is 14.3 Å². The smallest absolute Gasteiger partial charge is 0.293 e. The van der Waals surface area contributed by atoms with Crippen LogP contribution in [-0.2, 0) is 17.8 Å². The highest BCUT2D eigenvalue weighted by Crippen LogP contribution is 2.34. The van der Waals surface area contributed by atoms with Gasteiger partial charge in [0.05, 0.1) is 9.38 Å². The molecule has 2 amide bonds. The third-order valence-corrected chi connectivity index (χ3v) is 7.38. The van der Waals surface area contributed by atoms with Crippen LogP contribution in [0.1, 0.15) is 16.7 Å². The van der Waals surface area contributed by atoms with Crippen LogP contribution in [0.25, 0.3) is 16.8 Å². The minimum absolute atomic E-state index is 0.230. The monoisotopic (exact) mass is 543 g/mol. The van der Waals surface area contributed by atoms with Crippen LogP contribution >= 0.6 is 27.7 Å². The van der Waals surface area contributed by atoms with E-state index < -0.39 is 0 Å². The van der Waals surface area contributed by atoms with E-state index in [0.29, 0.717) is 30.2 Å². The summed E-state index contributed by atoms with van der Waals surface area (Å²) in [5, 5.41) is 2.12. The summed E-state index contributed by atoms with van der Waals surface area (Å²) in [5.74, 6) is 0.467. The van der Waals surface area contributed by atoms with Gasteiger partial charge >= 0.3 is 0 Å². The number of benzene rings is 4. The van der Waals surface area contributed by atoms with Gasteiger partial charge in [-0.05, 0) is 79.8 Å². The van der Waals surface area contributed by atoms with Crippen LogP contribution in [-0.4, -0.2) is 22.6 Å². The van der Waals surface area contributed by atoms with E-state index in [0.717, 1.165) is 32.9 Å². The van der Waals surface area contributed by atoms with Gasteiger partial charge in [-0.15, -0.1) is 0 Å². The predicted octanol–water partition coefficient (Wildman–Crippen LogP) is 7.46. The molecule has 0 N–H and O–H groups in total. The molecule has 1 saturated heterocycles. The van der Waals surface area contributed by atoms with Crippen LogP contribution in [0.15, 0.2) is 100 Å². The Morgan fingerprint density at radius 2 is 1.66 bits per heavy atom. The number of carbonyl (C=O) groups excluding carboxylic acids is 2. The van der Waals surface area contributed by atoms with Gasteiger partial charge in [-0.3, -0.25) is 14.5 Å². The molecule has 6 heteroatoms. The number of nitrogens with zero attached hydrogens (tertiary/aromatic N) is 1. The number of imide groups is 1. The quantitative estimate of drug-likeness (QED) is 0.227. The molecule has 0 bridgehead atoms. The average molecular weight is 544 g/mol. The van der Waals surface area contributed by atoms with Crippen molar-refractivity contribution in [2.45, 2.75) is 13.0 Å². The molecule has 4 aromatic carbocycles. The molecule has 0 radical (unpaired) electrons. The maximum atomic E-state index is 12.8. The first-order valence-electron chi connectivity index (χ1n) is 11.3. The molecule has 0 saturated carbocycles. The molecule has 0 unspecified atom stereocenters. The maximum absolute atomic E-state index is 12.8. The zero-order valence-electron chi connectivity index (χ0n) is 18.8. The Morgan fingerprint density at radius 1 is 0.886 bits per heavy atom. The molecular weight excluding hydrogens is 522 g/mol. The molecule has 4 nitrogen and oxygen atoms in total. The summed E-state index contributed by atoms with van der Waals surface area (Å²) in [6, 6.07) is 30.0. The number of hydrogen-bond acceptors (Lipinski definition) is 4. The lowest BCUT2D eigenvalue weighted by Gasteiger charge is -2.12. The number of hydrogen-bond donors (Lipinski definition) is 0. The lowest BCUT2D eigenvalue weighted by atomic mass is 10.1. The van der Waals surface area contributed by atoms with Crippen LogP contribution in [0.4, 0.5) is 4.79 Å². The van der Waals surface area contributed by atoms with Gasteiger partial charge in [-0.2, -0.15) is 0 Å². The van der Waals surface area contributed by atoms with Gasteiger partial charge in [-0.1, -0.05) is 78.9 Å². The van der Waals surface area contributed by atoms with Gasteiger partial charge in [0.25, 0.3) is 11.1 Å². The Morgan fingerprint density at radius 3 is 2.49 bits per heavy atom. The number of thioether (sulfide) groups is 1. The second-order valence-corrected chi connectivity index (χ2v) is 10.0. The standard InChI is InChI=1S/C29H22BrNO3S/c30-25-17-21(13-14-26(25)34-19-23-11-6-10-22-9-4-5-12-24(22)23)18-27-28(32)31(29(33)35-27)16-15-20-7-2-1-3-8-20/h1-14,17-18H,15-16,19H2/b27-18-. The minimum atomic E-state index is -0.247. The van der Waals surface area contributed by atoms with Gasteiger partial charge in [0, 0.05) is 6.54 Å². The molecule has 4 aromatic rings. The first-order chi connectivity index (χ1) is 17.1. The van der Waals surface area contributed by atoms with Crippen molar-refractivity contribution in [3.05, 3.63) is 117 Å². The molecule has 0 atom stereocenters. The second-order valence-electron chi connectivity index (χ2n) is 8.19. The lowest BCUT2D eigenvalue weighted by molar-refractivity contribution is -0.122. The number of ether oxygens (including phenoxy) is 1. The van der Waals surface area contributed by atoms with Crippen LogP contribution in [0.3, 0.4) is 0 Å². The average Bonchev–Trinajstić information content (AvgIpc) is 3.14. The third kappa shape index (κ3) is 5.34. The summed E-state index contributed by atoms with van der Waals surface area (Å²) in [7, 11) is 0. The first-order valence-corrected chi connectivity index (χ1v) is 12.9. The molecule has 1 fully saturated rings. The highest BCUT2D eigenvalue weighted by atomic mass is 79.9. The molecular formula is C29H22BrNO3S. The van der Waals surface area contributed by atoms with E-state index in [9.17, 15) is 9.59 Å². The van der Waals surface area contributed by atoms with Gasteiger partial charge in [0.1, 0.15) is 12.4 Å². The molecule has 1 aliphatic rings. The van der Waals surface area contributed by atoms with E-state index in [1.54, 1.807) is 6.08 Å². The largest absolute Gasteiger partial charge is 0.488 e. The van der Waals surface area contributed by atoms with Crippen molar-refractivity contribution in [3.63, 3.8) is 0 Å². The van der Waals surface area contributed by atoms with Gasteiger partial charge in [-0.25, -0.2) is 0 Å². The number of fused-ring (bicyclic) bond motifs is 1. The van der Waals surface area contributed by atoms with Gasteiger partial charge in [0.15, 0.2) is 0 Å². The Balaban J connectivity index is 1.26. The molecule has 0 aliphatic carbocycles. The third-order valence-electron chi connectivity index (χ3n) is 5.86. The summed E-state index contributed by atoms with van der Waals surface area (Å²) in [4.78, 5) is 27.0. The second kappa shape index (κ2) is 10.5. The van der Waals surface area contributed by atoms with E-state index >= 15 is 0 Å². The summed E-state index contributed by atoms with van der Waals surface area (Å²) in [6.07, 6.45) is 2.40. The molecule has 0 aromatic heterocycles. The Bertz CT molecular complexity index is 1430. The van der Waals surface area contributed by atoms with Crippen LogP contribution in [0, 0.1) is 0 Å². The zero-order valence-corrected chi connectivity index (χ0v) is 21.2. The number of carbonyl (C=O) groups is 2. The fourth-order valence-corrected chi connectivity index (χ4v) is 5.40. The van der Waals surface area contributed by atoms with Gasteiger partial charge in [0.2, 0.25) is 0 Å².